The Kier molecular flexibility index (Phi) is 6.02. The number of nitrogen functional groups attached to an aromatic ring is 1. The van der Waals surface area contributed by atoms with Gasteiger partial charge in [-0.2, -0.15) is 0 Å². The van der Waals surface area contributed by atoms with Gasteiger partial charge in [-0.25, -0.2) is 13.1 Å². The van der Waals surface area contributed by atoms with Crippen molar-refractivity contribution in [3.05, 3.63) is 47.3 Å². The summed E-state index contributed by atoms with van der Waals surface area (Å²) in [4.78, 5) is 17.1. The zero-order valence-electron chi connectivity index (χ0n) is 15.5. The molecule has 2 aliphatic rings. The Morgan fingerprint density at radius 1 is 1.18 bits per heavy atom. The Balaban J connectivity index is 0.00000225. The number of nitrogens with zero attached hydrogens (tertiary/aromatic N) is 1. The first-order chi connectivity index (χ1) is 12.9. The van der Waals surface area contributed by atoms with E-state index in [0.29, 0.717) is 11.4 Å². The van der Waals surface area contributed by atoms with Crippen LogP contribution in [0.4, 0.5) is 5.69 Å². The molecule has 1 aromatic carbocycles. The number of aromatic amines is 1. The number of carbonyl (C=O) groups is 1. The first-order valence-electron chi connectivity index (χ1n) is 9.32. The maximum absolute atomic E-state index is 12.9. The molecule has 1 atom stereocenters. The molecular weight excluding hydrogens is 400 g/mol. The van der Waals surface area contributed by atoms with E-state index in [0.717, 1.165) is 56.3 Å². The number of aryl methyl sites for hydroxylation is 1. The Bertz CT molecular complexity index is 967. The highest BCUT2D eigenvalue weighted by atomic mass is 35.5. The number of carbonyl (C=O) groups excluding carboxylic acids is 1. The van der Waals surface area contributed by atoms with E-state index in [-0.39, 0.29) is 29.3 Å². The third kappa shape index (κ3) is 4.04. The van der Waals surface area contributed by atoms with E-state index < -0.39 is 10.0 Å². The minimum Gasteiger partial charge on any atom is -0.399 e. The molecule has 1 fully saturated rings. The summed E-state index contributed by atoms with van der Waals surface area (Å²) in [5.41, 5.74) is 8.92. The first-order valence-corrected chi connectivity index (χ1v) is 10.8. The predicted molar refractivity (Wildman–Crippen MR) is 110 cm³/mol. The number of amides is 1. The molecule has 9 heteroatoms. The minimum absolute atomic E-state index is 0. The van der Waals surface area contributed by atoms with E-state index in [1.807, 2.05) is 12.1 Å². The number of H-pyrrole nitrogens is 1. The second-order valence-corrected chi connectivity index (χ2v) is 8.99. The molecule has 0 saturated carbocycles. The second-order valence-electron chi connectivity index (χ2n) is 7.27. The summed E-state index contributed by atoms with van der Waals surface area (Å²) in [6, 6.07) is 6.76. The maximum Gasteiger partial charge on any atom is 0.270 e. The van der Waals surface area contributed by atoms with E-state index in [1.165, 1.54) is 12.3 Å². The standard InChI is InChI=1S/C19H24N4O3S.ClH/c20-14-6-7-16-13(10-14)4-3-5-17(16)22-27(25,26)15-11-18(21-12-15)19(24)23-8-1-2-9-23;/h6-7,10-12,17,21-22H,1-5,8-9,20H2;1H. The monoisotopic (exact) mass is 424 g/mol. The van der Waals surface area contributed by atoms with Gasteiger partial charge in [0.15, 0.2) is 0 Å². The number of fused-ring (bicyclic) bond motifs is 1. The first kappa shape index (κ1) is 20.7. The van der Waals surface area contributed by atoms with Gasteiger partial charge >= 0.3 is 0 Å². The van der Waals surface area contributed by atoms with E-state index in [9.17, 15) is 13.2 Å². The molecule has 4 rings (SSSR count). The molecule has 7 nitrogen and oxygen atoms in total. The average Bonchev–Trinajstić information content (AvgIpc) is 3.33. The zero-order chi connectivity index (χ0) is 19.0. The topological polar surface area (TPSA) is 108 Å². The van der Waals surface area contributed by atoms with Gasteiger partial charge in [0.2, 0.25) is 10.0 Å². The van der Waals surface area contributed by atoms with Crippen molar-refractivity contribution < 1.29 is 13.2 Å². The average molecular weight is 425 g/mol. The molecule has 2 aromatic rings. The third-order valence-electron chi connectivity index (χ3n) is 5.37. The normalized spacial score (nSPS) is 19.1. The predicted octanol–water partition coefficient (Wildman–Crippen LogP) is 2.61. The van der Waals surface area contributed by atoms with Crippen molar-refractivity contribution in [2.75, 3.05) is 18.8 Å². The highest BCUT2D eigenvalue weighted by Crippen LogP contribution is 2.32. The molecule has 152 valence electrons. The van der Waals surface area contributed by atoms with Crippen LogP contribution in [0.15, 0.2) is 35.4 Å². The van der Waals surface area contributed by atoms with Crippen molar-refractivity contribution in [2.24, 2.45) is 0 Å². The highest BCUT2D eigenvalue weighted by Gasteiger charge is 2.28. The quantitative estimate of drug-likeness (QED) is 0.655. The summed E-state index contributed by atoms with van der Waals surface area (Å²) in [7, 11) is -3.73. The fraction of sp³-hybridized carbons (Fsp3) is 0.421. The number of hydrogen-bond donors (Lipinski definition) is 3. The number of nitrogens with one attached hydrogen (secondary N) is 2. The van der Waals surface area contributed by atoms with E-state index >= 15 is 0 Å². The largest absolute Gasteiger partial charge is 0.399 e. The molecule has 1 aliphatic carbocycles. The molecule has 1 unspecified atom stereocenters. The lowest BCUT2D eigenvalue weighted by atomic mass is 9.88. The Hall–Kier alpha value is -2.03. The number of rotatable bonds is 4. The molecule has 1 amide bonds. The summed E-state index contributed by atoms with van der Waals surface area (Å²) in [6.07, 6.45) is 5.90. The van der Waals surface area contributed by atoms with Crippen LogP contribution >= 0.6 is 12.4 Å². The van der Waals surface area contributed by atoms with Crippen LogP contribution in [0.25, 0.3) is 0 Å². The van der Waals surface area contributed by atoms with Crippen LogP contribution in [0.2, 0.25) is 0 Å². The molecule has 4 N–H and O–H groups in total. The van der Waals surface area contributed by atoms with Crippen LogP contribution in [-0.4, -0.2) is 37.3 Å². The number of aromatic nitrogens is 1. The number of likely N-dealkylation sites (tertiary alicyclic amines) is 1. The van der Waals surface area contributed by atoms with Crippen LogP contribution in [0.3, 0.4) is 0 Å². The lowest BCUT2D eigenvalue weighted by molar-refractivity contribution is 0.0787. The lowest BCUT2D eigenvalue weighted by Gasteiger charge is -2.26. The number of benzene rings is 1. The molecule has 2 heterocycles. The van der Waals surface area contributed by atoms with Gasteiger partial charge in [0, 0.05) is 31.0 Å². The minimum atomic E-state index is -3.73. The Morgan fingerprint density at radius 3 is 2.68 bits per heavy atom. The van der Waals surface area contributed by atoms with Gasteiger partial charge in [-0.1, -0.05) is 6.07 Å². The van der Waals surface area contributed by atoms with Crippen molar-refractivity contribution in [1.82, 2.24) is 14.6 Å². The van der Waals surface area contributed by atoms with Crippen molar-refractivity contribution in [3.8, 4) is 0 Å². The Labute approximate surface area is 171 Å². The van der Waals surface area contributed by atoms with Gasteiger partial charge < -0.3 is 15.6 Å². The number of anilines is 1. The van der Waals surface area contributed by atoms with Crippen molar-refractivity contribution in [2.45, 2.75) is 43.0 Å². The van der Waals surface area contributed by atoms with Crippen molar-refractivity contribution >= 4 is 34.0 Å². The van der Waals surface area contributed by atoms with Crippen LogP contribution in [0, 0.1) is 0 Å². The van der Waals surface area contributed by atoms with Crippen LogP contribution in [0.5, 0.6) is 0 Å². The highest BCUT2D eigenvalue weighted by molar-refractivity contribution is 7.89. The van der Waals surface area contributed by atoms with Gasteiger partial charge in [-0.3, -0.25) is 4.79 Å². The Morgan fingerprint density at radius 2 is 1.93 bits per heavy atom. The SMILES string of the molecule is Cl.Nc1ccc2c(c1)CCCC2NS(=O)(=O)c1c[nH]c(C(=O)N2CCCC2)c1. The number of sulfonamides is 1. The smallest absolute Gasteiger partial charge is 0.270 e. The van der Waals surface area contributed by atoms with Gasteiger partial charge in [-0.15, -0.1) is 12.4 Å². The molecule has 1 aliphatic heterocycles. The fourth-order valence-electron chi connectivity index (χ4n) is 3.96. The van der Waals surface area contributed by atoms with Crippen molar-refractivity contribution in [1.29, 1.82) is 0 Å². The van der Waals surface area contributed by atoms with Gasteiger partial charge in [0.05, 0.1) is 0 Å². The van der Waals surface area contributed by atoms with Gasteiger partial charge in [0.1, 0.15) is 10.6 Å². The summed E-state index contributed by atoms with van der Waals surface area (Å²) >= 11 is 0. The number of hydrogen-bond acceptors (Lipinski definition) is 4. The van der Waals surface area contributed by atoms with E-state index in [2.05, 4.69) is 9.71 Å². The molecule has 0 spiro atoms. The summed E-state index contributed by atoms with van der Waals surface area (Å²) in [5, 5.41) is 0. The molecular formula is C19H25ClN4O3S. The van der Waals surface area contributed by atoms with Crippen LogP contribution in [-0.2, 0) is 16.4 Å². The number of nitrogens with two attached hydrogens (primary N) is 1. The summed E-state index contributed by atoms with van der Waals surface area (Å²) < 4.78 is 28.5. The van der Waals surface area contributed by atoms with Crippen LogP contribution in [0.1, 0.15) is 53.3 Å². The van der Waals surface area contributed by atoms with E-state index in [1.54, 1.807) is 11.0 Å². The summed E-state index contributed by atoms with van der Waals surface area (Å²) in [5.74, 6) is -0.146. The molecule has 1 saturated heterocycles. The second kappa shape index (κ2) is 8.14. The van der Waals surface area contributed by atoms with E-state index in [4.69, 9.17) is 5.73 Å². The lowest BCUT2D eigenvalue weighted by Crippen LogP contribution is -2.31. The maximum atomic E-state index is 12.9. The fourth-order valence-corrected chi connectivity index (χ4v) is 5.20. The third-order valence-corrected chi connectivity index (χ3v) is 6.82. The van der Waals surface area contributed by atoms with Gasteiger partial charge in [0.25, 0.3) is 5.91 Å². The summed E-state index contributed by atoms with van der Waals surface area (Å²) in [6.45, 7) is 1.44. The molecule has 0 bridgehead atoms. The van der Waals surface area contributed by atoms with Gasteiger partial charge in [-0.05, 0) is 61.4 Å². The van der Waals surface area contributed by atoms with Crippen molar-refractivity contribution in [3.63, 3.8) is 0 Å². The number of halogens is 1. The molecule has 28 heavy (non-hydrogen) atoms. The van der Waals surface area contributed by atoms with Crippen LogP contribution < -0.4 is 10.5 Å². The molecule has 0 radical (unpaired) electrons. The molecule has 1 aromatic heterocycles. The zero-order valence-corrected chi connectivity index (χ0v) is 17.1.